The van der Waals surface area contributed by atoms with E-state index in [0.717, 1.165) is 23.3 Å². The third kappa shape index (κ3) is 5.23. The first-order chi connectivity index (χ1) is 18.5. The van der Waals surface area contributed by atoms with Crippen molar-refractivity contribution < 1.29 is 4.79 Å². The Morgan fingerprint density at radius 1 is 0.816 bits per heavy atom. The molecule has 196 valence electrons. The lowest BCUT2D eigenvalue weighted by molar-refractivity contribution is -0.128. The number of nitrogens with zero attached hydrogens (tertiary/aromatic N) is 1. The van der Waals surface area contributed by atoms with Crippen molar-refractivity contribution in [3.05, 3.63) is 90.5 Å². The van der Waals surface area contributed by atoms with Gasteiger partial charge < -0.3 is 5.32 Å². The van der Waals surface area contributed by atoms with E-state index >= 15 is 0 Å². The molecule has 3 nitrogen and oxygen atoms in total. The van der Waals surface area contributed by atoms with E-state index in [1.807, 2.05) is 6.21 Å². The third-order valence-electron chi connectivity index (χ3n) is 8.91. The fourth-order valence-electron chi connectivity index (χ4n) is 7.68. The second-order valence-corrected chi connectivity index (χ2v) is 14.4. The molecule has 0 radical (unpaired) electrons. The first kappa shape index (κ1) is 25.5. The van der Waals surface area contributed by atoms with Gasteiger partial charge in [0.2, 0.25) is 5.91 Å². The van der Waals surface area contributed by atoms with Gasteiger partial charge in [0.15, 0.2) is 0 Å². The van der Waals surface area contributed by atoms with Crippen LogP contribution in [-0.4, -0.2) is 23.7 Å². The third-order valence-corrected chi connectivity index (χ3v) is 11.4. The lowest BCUT2D eigenvalue weighted by Crippen LogP contribution is -2.61. The van der Waals surface area contributed by atoms with Gasteiger partial charge in [-0.15, -0.1) is 0 Å². The molecule has 3 aromatic rings. The molecule has 4 aliphatic rings. The molecule has 0 spiro atoms. The van der Waals surface area contributed by atoms with Gasteiger partial charge in [-0.1, -0.05) is 98.8 Å². The molecule has 1 amide bonds. The van der Waals surface area contributed by atoms with E-state index in [0.29, 0.717) is 0 Å². The van der Waals surface area contributed by atoms with Gasteiger partial charge in [-0.05, 0) is 86.0 Å². The Hall–Kier alpha value is -2.77. The van der Waals surface area contributed by atoms with Crippen LogP contribution in [0.5, 0.6) is 0 Å². The van der Waals surface area contributed by atoms with Gasteiger partial charge >= 0.3 is 0 Å². The molecule has 1 N–H and O–H groups in total. The topological polar surface area (TPSA) is 41.5 Å². The van der Waals surface area contributed by atoms with Crippen molar-refractivity contribution in [1.82, 2.24) is 5.32 Å². The monoisotopic (exact) mass is 522 g/mol. The quantitative estimate of drug-likeness (QED) is 0.287. The number of hydrogen-bond acceptors (Lipinski definition) is 2. The van der Waals surface area contributed by atoms with E-state index < -0.39 is 7.92 Å². The number of benzene rings is 3. The predicted molar refractivity (Wildman–Crippen MR) is 160 cm³/mol. The fraction of sp³-hybridized carbons (Fsp3) is 0.412. The number of carbonyl (C=O) groups excluding carboxylic acids is 1. The van der Waals surface area contributed by atoms with Crippen molar-refractivity contribution in [1.29, 1.82) is 0 Å². The first-order valence-corrected chi connectivity index (χ1v) is 15.7. The van der Waals surface area contributed by atoms with E-state index in [9.17, 15) is 4.79 Å². The highest BCUT2D eigenvalue weighted by Crippen LogP contribution is 2.55. The van der Waals surface area contributed by atoms with Crippen LogP contribution in [0.25, 0.3) is 0 Å². The Morgan fingerprint density at radius 3 is 1.84 bits per heavy atom. The number of nitrogens with one attached hydrogen (secondary N) is 1. The van der Waals surface area contributed by atoms with E-state index in [4.69, 9.17) is 4.99 Å². The number of amides is 1. The second kappa shape index (κ2) is 10.8. The summed E-state index contributed by atoms with van der Waals surface area (Å²) < 4.78 is 0. The summed E-state index contributed by atoms with van der Waals surface area (Å²) >= 11 is 0. The molecule has 1 atom stereocenters. The van der Waals surface area contributed by atoms with Gasteiger partial charge in [-0.25, -0.2) is 0 Å². The Labute approximate surface area is 228 Å². The molecule has 3 aromatic carbocycles. The minimum absolute atomic E-state index is 0.0152. The van der Waals surface area contributed by atoms with Crippen LogP contribution in [0.2, 0.25) is 0 Å². The molecule has 4 aliphatic carbocycles. The van der Waals surface area contributed by atoms with Crippen LogP contribution < -0.4 is 21.2 Å². The molecule has 4 fully saturated rings. The fourth-order valence-corrected chi connectivity index (χ4v) is 10.1. The van der Waals surface area contributed by atoms with Crippen molar-refractivity contribution in [3.63, 3.8) is 0 Å². The van der Waals surface area contributed by atoms with Gasteiger partial charge in [0, 0.05) is 17.3 Å². The van der Waals surface area contributed by atoms with E-state index in [1.54, 1.807) is 0 Å². The molecule has 0 unspecified atom stereocenters. The van der Waals surface area contributed by atoms with Crippen LogP contribution in [0.4, 0.5) is 0 Å². The summed E-state index contributed by atoms with van der Waals surface area (Å²) in [7, 11) is -0.743. The Kier molecular flexibility index (Phi) is 7.23. The van der Waals surface area contributed by atoms with Gasteiger partial charge in [-0.3, -0.25) is 9.79 Å². The number of hydrogen-bond donors (Lipinski definition) is 1. The SMILES string of the molecule is CC(C)[C@H](N=Cc1ccccc1P(c1ccccc1)c1ccccc1)C(=O)NC12CC3CC(CC(C3)C1)C2. The van der Waals surface area contributed by atoms with Crippen molar-refractivity contribution in [3.8, 4) is 0 Å². The van der Waals surface area contributed by atoms with Crippen LogP contribution in [0.3, 0.4) is 0 Å². The normalized spacial score (nSPS) is 26.8. The first-order valence-electron chi connectivity index (χ1n) is 14.3. The maximum Gasteiger partial charge on any atom is 0.245 e. The zero-order valence-electron chi connectivity index (χ0n) is 22.6. The van der Waals surface area contributed by atoms with Gasteiger partial charge in [0.25, 0.3) is 0 Å². The van der Waals surface area contributed by atoms with Gasteiger partial charge in [0.1, 0.15) is 6.04 Å². The summed E-state index contributed by atoms with van der Waals surface area (Å²) in [5, 5.41) is 7.48. The molecule has 7 rings (SSSR count). The largest absolute Gasteiger partial charge is 0.349 e. The maximum atomic E-state index is 13.7. The van der Waals surface area contributed by atoms with Gasteiger partial charge in [0.05, 0.1) is 0 Å². The van der Waals surface area contributed by atoms with Crippen molar-refractivity contribution in [2.75, 3.05) is 0 Å². The summed E-state index contributed by atoms with van der Waals surface area (Å²) in [5.74, 6) is 2.68. The van der Waals surface area contributed by atoms with E-state index in [2.05, 4.69) is 104 Å². The second-order valence-electron chi connectivity index (χ2n) is 12.2. The number of rotatable bonds is 8. The lowest BCUT2D eigenvalue weighted by Gasteiger charge is -2.57. The van der Waals surface area contributed by atoms with Crippen LogP contribution in [0.1, 0.15) is 57.9 Å². The van der Waals surface area contributed by atoms with Gasteiger partial charge in [-0.2, -0.15) is 0 Å². The van der Waals surface area contributed by atoms with Crippen molar-refractivity contribution in [2.45, 2.75) is 64.0 Å². The summed E-state index contributed by atoms with van der Waals surface area (Å²) in [4.78, 5) is 18.7. The molecule has 4 heteroatoms. The summed E-state index contributed by atoms with van der Waals surface area (Å²) in [6.07, 6.45) is 9.61. The number of aliphatic imine (C=N–C) groups is 1. The smallest absolute Gasteiger partial charge is 0.245 e. The van der Waals surface area contributed by atoms with Crippen LogP contribution in [0, 0.1) is 23.7 Å². The zero-order valence-corrected chi connectivity index (χ0v) is 23.5. The van der Waals surface area contributed by atoms with Crippen LogP contribution in [-0.2, 0) is 4.79 Å². The predicted octanol–water partition coefficient (Wildman–Crippen LogP) is 5.97. The van der Waals surface area contributed by atoms with Crippen molar-refractivity contribution in [2.24, 2.45) is 28.7 Å². The minimum atomic E-state index is -0.743. The maximum absolute atomic E-state index is 13.7. The molecule has 4 saturated carbocycles. The van der Waals surface area contributed by atoms with Crippen LogP contribution in [0.15, 0.2) is 89.9 Å². The average molecular weight is 523 g/mol. The molecule has 0 saturated heterocycles. The molecule has 4 bridgehead atoms. The van der Waals surface area contributed by atoms with Crippen molar-refractivity contribution >= 4 is 36.0 Å². The molecular weight excluding hydrogens is 483 g/mol. The standard InChI is InChI=1S/C34H39N2OP/c1-24(2)32(33(37)36-34-20-25-17-26(21-34)19-27(18-25)22-34)35-23-28-11-9-10-16-31(28)38(29-12-5-3-6-13-29)30-14-7-4-8-15-30/h3-16,23-27,32H,17-22H2,1-2H3,(H,36,37)/t25?,26?,27?,32-,34?/m0/s1. The Bertz CT molecular complexity index is 1210. The Morgan fingerprint density at radius 2 is 1.32 bits per heavy atom. The molecular formula is C34H39N2OP. The molecule has 38 heavy (non-hydrogen) atoms. The summed E-state index contributed by atoms with van der Waals surface area (Å²) in [5.41, 5.74) is 1.11. The Balaban J connectivity index is 1.28. The van der Waals surface area contributed by atoms with Crippen LogP contribution >= 0.6 is 7.92 Å². The lowest BCUT2D eigenvalue weighted by atomic mass is 9.53. The molecule has 0 aromatic heterocycles. The minimum Gasteiger partial charge on any atom is -0.349 e. The highest BCUT2D eigenvalue weighted by Gasteiger charge is 2.52. The molecule has 0 heterocycles. The van der Waals surface area contributed by atoms with E-state index in [-0.39, 0.29) is 23.4 Å². The summed E-state index contributed by atoms with van der Waals surface area (Å²) in [6, 6.07) is 29.7. The molecule has 0 aliphatic heterocycles. The number of carbonyl (C=O) groups is 1. The average Bonchev–Trinajstić information content (AvgIpc) is 2.90. The highest BCUT2D eigenvalue weighted by molar-refractivity contribution is 7.80. The van der Waals surface area contributed by atoms with E-state index in [1.165, 1.54) is 54.4 Å². The zero-order chi connectivity index (χ0) is 26.1. The highest BCUT2D eigenvalue weighted by atomic mass is 31.1. The summed E-state index contributed by atoms with van der Waals surface area (Å²) in [6.45, 7) is 4.24.